The number of rotatable bonds is 3. The summed E-state index contributed by atoms with van der Waals surface area (Å²) in [6, 6.07) is 11.0. The van der Waals surface area contributed by atoms with Gasteiger partial charge in [-0.15, -0.1) is 13.2 Å². The largest absolute Gasteiger partial charge is 0.573 e. The lowest BCUT2D eigenvalue weighted by Crippen LogP contribution is -2.17. The molecule has 0 aliphatic heterocycles. The molecule has 0 radical (unpaired) electrons. The number of hydrogen-bond acceptors (Lipinski definition) is 1. The van der Waals surface area contributed by atoms with E-state index in [1.165, 1.54) is 17.7 Å². The predicted molar refractivity (Wildman–Crippen MR) is 76.6 cm³/mol. The van der Waals surface area contributed by atoms with Crippen LogP contribution in [0.5, 0.6) is 5.75 Å². The van der Waals surface area contributed by atoms with E-state index in [2.05, 4.69) is 10.8 Å². The normalized spacial score (nSPS) is 11.5. The van der Waals surface area contributed by atoms with E-state index in [0.29, 0.717) is 6.42 Å². The van der Waals surface area contributed by atoms with Crippen LogP contribution in [-0.4, -0.2) is 6.36 Å². The fraction of sp³-hybridized carbons (Fsp3) is 0.294. The average molecular weight is 294 g/mol. The van der Waals surface area contributed by atoms with Crippen molar-refractivity contribution < 1.29 is 17.9 Å². The Morgan fingerprint density at radius 1 is 0.952 bits per heavy atom. The molecule has 0 aromatic heterocycles. The molecule has 2 aromatic carbocycles. The van der Waals surface area contributed by atoms with Crippen LogP contribution in [0.4, 0.5) is 13.2 Å². The van der Waals surface area contributed by atoms with Crippen molar-refractivity contribution in [3.63, 3.8) is 0 Å². The van der Waals surface area contributed by atoms with E-state index in [-0.39, 0.29) is 5.75 Å². The number of halogens is 3. The highest BCUT2D eigenvalue weighted by Gasteiger charge is 2.31. The van der Waals surface area contributed by atoms with Crippen molar-refractivity contribution >= 4 is 0 Å². The molecule has 0 fully saturated rings. The summed E-state index contributed by atoms with van der Waals surface area (Å²) in [6.45, 7) is 5.63. The maximum atomic E-state index is 12.3. The second-order valence-electron chi connectivity index (χ2n) is 5.25. The maximum Gasteiger partial charge on any atom is 0.573 e. The summed E-state index contributed by atoms with van der Waals surface area (Å²) in [6.07, 6.45) is -3.96. The molecule has 0 spiro atoms. The van der Waals surface area contributed by atoms with Crippen molar-refractivity contribution in [2.75, 3.05) is 0 Å². The number of aryl methyl sites for hydroxylation is 3. The molecular formula is C17H17F3O. The van der Waals surface area contributed by atoms with Gasteiger partial charge in [0, 0.05) is 0 Å². The molecule has 21 heavy (non-hydrogen) atoms. The minimum absolute atomic E-state index is 0.162. The van der Waals surface area contributed by atoms with Gasteiger partial charge in [0.05, 0.1) is 0 Å². The predicted octanol–water partition coefficient (Wildman–Crippen LogP) is 5.10. The van der Waals surface area contributed by atoms with E-state index >= 15 is 0 Å². The third kappa shape index (κ3) is 4.25. The second-order valence-corrected chi connectivity index (χ2v) is 5.25. The smallest absolute Gasteiger partial charge is 0.406 e. The van der Waals surface area contributed by atoms with Gasteiger partial charge in [-0.2, -0.15) is 0 Å². The number of ether oxygens (including phenoxy) is 1. The highest BCUT2D eigenvalue weighted by Crippen LogP contribution is 2.28. The highest BCUT2D eigenvalue weighted by atomic mass is 19.4. The van der Waals surface area contributed by atoms with Crippen molar-refractivity contribution in [3.8, 4) is 5.75 Å². The van der Waals surface area contributed by atoms with Gasteiger partial charge in [0.25, 0.3) is 0 Å². The van der Waals surface area contributed by atoms with E-state index in [9.17, 15) is 13.2 Å². The summed E-state index contributed by atoms with van der Waals surface area (Å²) in [5.74, 6) is -0.162. The monoisotopic (exact) mass is 294 g/mol. The van der Waals surface area contributed by atoms with Crippen LogP contribution in [0, 0.1) is 20.8 Å². The Balaban J connectivity index is 2.29. The van der Waals surface area contributed by atoms with Crippen LogP contribution in [0.25, 0.3) is 0 Å². The number of alkyl halides is 3. The standard InChI is InChI=1S/C17H17F3O/c1-11-5-4-6-14(7-11)10-16-12(2)8-15(9-13(16)3)21-17(18,19)20/h4-9H,10H2,1-3H3. The lowest BCUT2D eigenvalue weighted by atomic mass is 9.95. The summed E-state index contributed by atoms with van der Waals surface area (Å²) < 4.78 is 40.8. The first kappa shape index (κ1) is 15.4. The molecule has 0 aliphatic rings. The minimum Gasteiger partial charge on any atom is -0.406 e. The molecule has 0 unspecified atom stereocenters. The van der Waals surface area contributed by atoms with Crippen LogP contribution in [0.1, 0.15) is 27.8 Å². The third-order valence-electron chi connectivity index (χ3n) is 3.37. The zero-order chi connectivity index (χ0) is 15.6. The Kier molecular flexibility index (Phi) is 4.26. The zero-order valence-electron chi connectivity index (χ0n) is 12.2. The van der Waals surface area contributed by atoms with Crippen molar-refractivity contribution in [2.45, 2.75) is 33.6 Å². The van der Waals surface area contributed by atoms with Crippen LogP contribution in [-0.2, 0) is 6.42 Å². The third-order valence-corrected chi connectivity index (χ3v) is 3.37. The Bertz CT molecular complexity index is 622. The van der Waals surface area contributed by atoms with Gasteiger partial charge in [0.15, 0.2) is 0 Å². The fourth-order valence-electron chi connectivity index (χ4n) is 2.45. The molecular weight excluding hydrogens is 277 g/mol. The fourth-order valence-corrected chi connectivity index (χ4v) is 2.45. The van der Waals surface area contributed by atoms with E-state index in [1.807, 2.05) is 25.1 Å². The van der Waals surface area contributed by atoms with Crippen LogP contribution in [0.15, 0.2) is 36.4 Å². The lowest BCUT2D eigenvalue weighted by Gasteiger charge is -2.15. The molecule has 2 aromatic rings. The van der Waals surface area contributed by atoms with E-state index in [4.69, 9.17) is 0 Å². The highest BCUT2D eigenvalue weighted by molar-refractivity contribution is 5.44. The number of hydrogen-bond donors (Lipinski definition) is 0. The SMILES string of the molecule is Cc1cccc(Cc2c(C)cc(OC(F)(F)F)cc2C)c1. The Hall–Kier alpha value is -1.97. The van der Waals surface area contributed by atoms with Crippen molar-refractivity contribution in [2.24, 2.45) is 0 Å². The first-order chi connectivity index (χ1) is 9.74. The van der Waals surface area contributed by atoms with Crippen LogP contribution in [0.3, 0.4) is 0 Å². The van der Waals surface area contributed by atoms with E-state index in [0.717, 1.165) is 22.3 Å². The van der Waals surface area contributed by atoms with Crippen LogP contribution < -0.4 is 4.74 Å². The first-order valence-corrected chi connectivity index (χ1v) is 6.66. The van der Waals surface area contributed by atoms with Gasteiger partial charge in [0.2, 0.25) is 0 Å². The minimum atomic E-state index is -4.66. The molecule has 0 heterocycles. The molecule has 0 saturated carbocycles. The molecule has 112 valence electrons. The Morgan fingerprint density at radius 3 is 2.10 bits per heavy atom. The number of benzene rings is 2. The molecule has 4 heteroatoms. The summed E-state index contributed by atoms with van der Waals surface area (Å²) >= 11 is 0. The molecule has 0 saturated heterocycles. The molecule has 0 aliphatic carbocycles. The molecule has 0 atom stereocenters. The zero-order valence-corrected chi connectivity index (χ0v) is 12.2. The summed E-state index contributed by atoms with van der Waals surface area (Å²) in [5, 5.41) is 0. The topological polar surface area (TPSA) is 9.23 Å². The molecule has 2 rings (SSSR count). The lowest BCUT2D eigenvalue weighted by molar-refractivity contribution is -0.274. The van der Waals surface area contributed by atoms with Gasteiger partial charge < -0.3 is 4.74 Å². The van der Waals surface area contributed by atoms with Crippen molar-refractivity contribution in [1.82, 2.24) is 0 Å². The molecule has 0 amide bonds. The van der Waals surface area contributed by atoms with Crippen LogP contribution in [0.2, 0.25) is 0 Å². The van der Waals surface area contributed by atoms with Crippen molar-refractivity contribution in [3.05, 3.63) is 64.2 Å². The van der Waals surface area contributed by atoms with Gasteiger partial charge in [-0.3, -0.25) is 0 Å². The average Bonchev–Trinajstić information content (AvgIpc) is 2.32. The van der Waals surface area contributed by atoms with Crippen molar-refractivity contribution in [1.29, 1.82) is 0 Å². The van der Waals surface area contributed by atoms with Gasteiger partial charge in [-0.1, -0.05) is 29.8 Å². The van der Waals surface area contributed by atoms with E-state index < -0.39 is 6.36 Å². The van der Waals surface area contributed by atoms with Crippen LogP contribution >= 0.6 is 0 Å². The quantitative estimate of drug-likeness (QED) is 0.765. The van der Waals surface area contributed by atoms with E-state index in [1.54, 1.807) is 13.8 Å². The molecule has 0 bridgehead atoms. The summed E-state index contributed by atoms with van der Waals surface area (Å²) in [5.41, 5.74) is 4.95. The molecule has 0 N–H and O–H groups in total. The first-order valence-electron chi connectivity index (χ1n) is 6.66. The second kappa shape index (κ2) is 5.80. The van der Waals surface area contributed by atoms with Gasteiger partial charge in [-0.25, -0.2) is 0 Å². The Morgan fingerprint density at radius 2 is 1.57 bits per heavy atom. The molecule has 1 nitrogen and oxygen atoms in total. The summed E-state index contributed by atoms with van der Waals surface area (Å²) in [4.78, 5) is 0. The van der Waals surface area contributed by atoms with Gasteiger partial charge in [-0.05, 0) is 61.6 Å². The Labute approximate surface area is 122 Å². The van der Waals surface area contributed by atoms with Gasteiger partial charge >= 0.3 is 6.36 Å². The van der Waals surface area contributed by atoms with Gasteiger partial charge in [0.1, 0.15) is 5.75 Å². The summed E-state index contributed by atoms with van der Waals surface area (Å²) in [7, 11) is 0. The maximum absolute atomic E-state index is 12.3.